The molecule has 12 heteroatoms. The van der Waals surface area contributed by atoms with Crippen LogP contribution in [0.1, 0.15) is 29.2 Å². The number of fused-ring (bicyclic) bond motifs is 1. The van der Waals surface area contributed by atoms with Gasteiger partial charge in [-0.15, -0.1) is 0 Å². The highest BCUT2D eigenvalue weighted by Crippen LogP contribution is 2.34. The Morgan fingerprint density at radius 1 is 0.911 bits per heavy atom. The molecule has 0 aliphatic carbocycles. The zero-order valence-electron chi connectivity index (χ0n) is 24.6. The average Bonchev–Trinajstić information content (AvgIpc) is 3.65. The van der Waals surface area contributed by atoms with E-state index in [2.05, 4.69) is 30.6 Å². The third-order valence-corrected chi connectivity index (χ3v) is 8.81. The van der Waals surface area contributed by atoms with E-state index in [-0.39, 0.29) is 12.1 Å². The Kier molecular flexibility index (Phi) is 8.47. The SMILES string of the molecule is C[C@@H](N1CCN(Cc2cn(Cc3ccc(C(F)(F)F)cc3)c3ccccc23)CC1)[C@](O)(Cn1cncn1)c1ccc(F)cc1F. The smallest absolute Gasteiger partial charge is 0.381 e. The second-order valence-corrected chi connectivity index (χ2v) is 11.6. The van der Waals surface area contributed by atoms with E-state index in [9.17, 15) is 22.7 Å². The number of rotatable bonds is 9. The quantitative estimate of drug-likeness (QED) is 0.214. The van der Waals surface area contributed by atoms with E-state index in [0.29, 0.717) is 39.3 Å². The molecule has 1 aliphatic rings. The molecule has 1 fully saturated rings. The van der Waals surface area contributed by atoms with Gasteiger partial charge in [0.15, 0.2) is 0 Å². The first kappa shape index (κ1) is 30.9. The number of nitrogens with zero attached hydrogens (tertiary/aromatic N) is 6. The monoisotopic (exact) mass is 624 g/mol. The largest absolute Gasteiger partial charge is 0.416 e. The molecule has 6 rings (SSSR count). The van der Waals surface area contributed by atoms with Crippen LogP contribution in [0, 0.1) is 11.6 Å². The lowest BCUT2D eigenvalue weighted by atomic mass is 9.85. The zero-order valence-corrected chi connectivity index (χ0v) is 24.6. The molecule has 236 valence electrons. The molecule has 2 atom stereocenters. The molecule has 0 saturated carbocycles. The Hall–Kier alpha value is -4.13. The van der Waals surface area contributed by atoms with Crippen LogP contribution in [0.3, 0.4) is 0 Å². The number of hydrogen-bond acceptors (Lipinski definition) is 5. The highest BCUT2D eigenvalue weighted by molar-refractivity contribution is 5.84. The molecule has 5 aromatic rings. The minimum absolute atomic E-state index is 0.00446. The lowest BCUT2D eigenvalue weighted by Gasteiger charge is -2.45. The van der Waals surface area contributed by atoms with Crippen molar-refractivity contribution in [3.8, 4) is 0 Å². The Labute approximate surface area is 257 Å². The Bertz CT molecular complexity index is 1750. The number of benzene rings is 3. The van der Waals surface area contributed by atoms with Gasteiger partial charge in [0.25, 0.3) is 0 Å². The summed E-state index contributed by atoms with van der Waals surface area (Å²) in [4.78, 5) is 8.35. The normalized spacial score (nSPS) is 17.0. The summed E-state index contributed by atoms with van der Waals surface area (Å²) in [7, 11) is 0. The fraction of sp³-hybridized carbons (Fsp3) is 0.333. The first-order chi connectivity index (χ1) is 21.5. The lowest BCUT2D eigenvalue weighted by Crippen LogP contribution is -2.57. The van der Waals surface area contributed by atoms with E-state index in [4.69, 9.17) is 0 Å². The zero-order chi connectivity index (χ0) is 31.8. The van der Waals surface area contributed by atoms with Gasteiger partial charge in [0.1, 0.15) is 29.9 Å². The van der Waals surface area contributed by atoms with Crippen molar-refractivity contribution >= 4 is 10.9 Å². The number of aliphatic hydroxyl groups is 1. The van der Waals surface area contributed by atoms with Gasteiger partial charge in [0.05, 0.1) is 12.1 Å². The second kappa shape index (κ2) is 12.3. The van der Waals surface area contributed by atoms with Crippen LogP contribution in [0.5, 0.6) is 0 Å². The predicted molar refractivity (Wildman–Crippen MR) is 159 cm³/mol. The average molecular weight is 625 g/mol. The maximum atomic E-state index is 15.0. The number of halogens is 5. The molecule has 3 aromatic carbocycles. The number of aromatic nitrogens is 4. The first-order valence-corrected chi connectivity index (χ1v) is 14.7. The van der Waals surface area contributed by atoms with Crippen LogP contribution >= 0.6 is 0 Å². The van der Waals surface area contributed by atoms with Crippen LogP contribution in [-0.2, 0) is 31.4 Å². The molecule has 0 spiro atoms. The predicted octanol–water partition coefficient (Wildman–Crippen LogP) is 5.67. The van der Waals surface area contributed by atoms with E-state index in [1.165, 1.54) is 35.5 Å². The fourth-order valence-electron chi connectivity index (χ4n) is 6.27. The fourth-order valence-corrected chi connectivity index (χ4v) is 6.27. The molecule has 1 aliphatic heterocycles. The van der Waals surface area contributed by atoms with Crippen molar-refractivity contribution in [3.05, 3.63) is 119 Å². The number of para-hydroxylation sites is 1. The van der Waals surface area contributed by atoms with Crippen LogP contribution in [0.25, 0.3) is 10.9 Å². The molecular formula is C33H33F5N6O. The summed E-state index contributed by atoms with van der Waals surface area (Å²) in [5.41, 5.74) is 0.495. The molecule has 7 nitrogen and oxygen atoms in total. The second-order valence-electron chi connectivity index (χ2n) is 11.6. The van der Waals surface area contributed by atoms with Crippen molar-refractivity contribution in [2.45, 2.75) is 44.4 Å². The van der Waals surface area contributed by atoms with Gasteiger partial charge in [-0.3, -0.25) is 9.80 Å². The third-order valence-electron chi connectivity index (χ3n) is 8.81. The topological polar surface area (TPSA) is 62.4 Å². The number of alkyl halides is 3. The van der Waals surface area contributed by atoms with E-state index in [1.807, 2.05) is 31.2 Å². The molecule has 0 bridgehead atoms. The summed E-state index contributed by atoms with van der Waals surface area (Å²) >= 11 is 0. The highest BCUT2D eigenvalue weighted by atomic mass is 19.4. The standard InChI is InChI=1S/C33H33F5N6O/c1-23(32(45,20-44-22-39-21-40-44)29-11-10-27(34)16-30(29)35)42-14-12-41(13-15-42)18-25-19-43(31-5-3-2-4-28(25)31)17-24-6-8-26(9-7-24)33(36,37)38/h2-11,16,19,21-23,45H,12-15,17-18,20H2,1H3/t23-,32-/m1/s1. The summed E-state index contributed by atoms with van der Waals surface area (Å²) in [5, 5.41) is 17.2. The van der Waals surface area contributed by atoms with Gasteiger partial charge in [-0.05, 0) is 42.3 Å². The van der Waals surface area contributed by atoms with E-state index in [0.717, 1.165) is 46.3 Å². The lowest BCUT2D eigenvalue weighted by molar-refractivity contribution is -0.137. The minimum atomic E-state index is -4.37. The van der Waals surface area contributed by atoms with Crippen LogP contribution in [0.4, 0.5) is 22.0 Å². The van der Waals surface area contributed by atoms with Crippen LogP contribution in [-0.4, -0.2) is 66.5 Å². The highest BCUT2D eigenvalue weighted by Gasteiger charge is 2.42. The van der Waals surface area contributed by atoms with Gasteiger partial charge in [-0.2, -0.15) is 18.3 Å². The molecule has 1 saturated heterocycles. The van der Waals surface area contributed by atoms with Crippen LogP contribution < -0.4 is 0 Å². The maximum absolute atomic E-state index is 15.0. The van der Waals surface area contributed by atoms with Crippen molar-refractivity contribution in [2.75, 3.05) is 26.2 Å². The van der Waals surface area contributed by atoms with Crippen molar-refractivity contribution < 1.29 is 27.1 Å². The number of hydrogen-bond donors (Lipinski definition) is 1. The molecule has 0 radical (unpaired) electrons. The summed E-state index contributed by atoms with van der Waals surface area (Å²) in [6, 6.07) is 15.9. The minimum Gasteiger partial charge on any atom is -0.381 e. The Balaban J connectivity index is 1.16. The van der Waals surface area contributed by atoms with Gasteiger partial charge in [-0.25, -0.2) is 18.4 Å². The molecule has 3 heterocycles. The first-order valence-electron chi connectivity index (χ1n) is 14.7. The van der Waals surface area contributed by atoms with Crippen molar-refractivity contribution in [1.29, 1.82) is 0 Å². The molecule has 0 amide bonds. The summed E-state index contributed by atoms with van der Waals surface area (Å²) in [6.07, 6.45) is 0.475. The van der Waals surface area contributed by atoms with Crippen molar-refractivity contribution in [2.24, 2.45) is 0 Å². The Morgan fingerprint density at radius 2 is 1.64 bits per heavy atom. The van der Waals surface area contributed by atoms with Crippen LogP contribution in [0.2, 0.25) is 0 Å². The van der Waals surface area contributed by atoms with Gasteiger partial charge in [0, 0.05) is 74.0 Å². The molecular weight excluding hydrogens is 591 g/mol. The summed E-state index contributed by atoms with van der Waals surface area (Å²) in [5.74, 6) is -1.54. The summed E-state index contributed by atoms with van der Waals surface area (Å²) in [6.45, 7) is 5.47. The summed E-state index contributed by atoms with van der Waals surface area (Å²) < 4.78 is 71.4. The molecule has 1 N–H and O–H groups in total. The van der Waals surface area contributed by atoms with Gasteiger partial charge >= 0.3 is 6.18 Å². The van der Waals surface area contributed by atoms with E-state index < -0.39 is 35.0 Å². The maximum Gasteiger partial charge on any atom is 0.416 e. The van der Waals surface area contributed by atoms with E-state index in [1.54, 1.807) is 0 Å². The van der Waals surface area contributed by atoms with Crippen molar-refractivity contribution in [3.63, 3.8) is 0 Å². The molecule has 0 unspecified atom stereocenters. The number of piperazine rings is 1. The van der Waals surface area contributed by atoms with Crippen molar-refractivity contribution in [1.82, 2.24) is 29.1 Å². The third kappa shape index (κ3) is 6.49. The van der Waals surface area contributed by atoms with Gasteiger partial charge < -0.3 is 9.67 Å². The van der Waals surface area contributed by atoms with Gasteiger partial charge in [0.2, 0.25) is 0 Å². The Morgan fingerprint density at radius 3 is 2.31 bits per heavy atom. The van der Waals surface area contributed by atoms with Crippen LogP contribution in [0.15, 0.2) is 85.6 Å². The molecule has 2 aromatic heterocycles. The molecule has 45 heavy (non-hydrogen) atoms. The van der Waals surface area contributed by atoms with Gasteiger partial charge in [-0.1, -0.05) is 36.4 Å². The van der Waals surface area contributed by atoms with E-state index >= 15 is 4.39 Å².